The molecule has 0 aromatic heterocycles. The highest BCUT2D eigenvalue weighted by Crippen LogP contribution is 2.13. The number of rotatable bonds is 4. The van der Waals surface area contributed by atoms with E-state index < -0.39 is 6.04 Å². The minimum absolute atomic E-state index is 0.0714. The molecular weight excluding hydrogens is 194 g/mol. The van der Waals surface area contributed by atoms with Gasteiger partial charge in [0.25, 0.3) is 0 Å². The Labute approximate surface area is 91.1 Å². The highest BCUT2D eigenvalue weighted by Gasteiger charge is 2.21. The van der Waals surface area contributed by atoms with Crippen LogP contribution in [-0.4, -0.2) is 31.3 Å². The number of hydrogen-bond donors (Lipinski definition) is 1. The van der Waals surface area contributed by atoms with Crippen LogP contribution in [0.2, 0.25) is 0 Å². The number of hydrogen-bond acceptors (Lipinski definition) is 4. The largest absolute Gasteiger partial charge is 0.462 e. The molecule has 0 bridgehead atoms. The van der Waals surface area contributed by atoms with Gasteiger partial charge in [0, 0.05) is 6.61 Å². The summed E-state index contributed by atoms with van der Waals surface area (Å²) in [6.45, 7) is 4.93. The first kappa shape index (κ1) is 12.5. The van der Waals surface area contributed by atoms with Crippen LogP contribution in [0.1, 0.15) is 33.1 Å². The third-order valence-electron chi connectivity index (χ3n) is 2.68. The second-order valence-corrected chi connectivity index (χ2v) is 4.39. The number of nitrogens with two attached hydrogens (primary N) is 1. The number of esters is 1. The molecule has 88 valence electrons. The Bertz CT molecular complexity index is 200. The van der Waals surface area contributed by atoms with Crippen molar-refractivity contribution in [2.24, 2.45) is 11.7 Å². The van der Waals surface area contributed by atoms with E-state index in [-0.39, 0.29) is 18.0 Å². The molecule has 15 heavy (non-hydrogen) atoms. The first-order valence-electron chi connectivity index (χ1n) is 5.65. The van der Waals surface area contributed by atoms with Gasteiger partial charge < -0.3 is 15.2 Å². The van der Waals surface area contributed by atoms with Gasteiger partial charge in [-0.2, -0.15) is 0 Å². The molecule has 4 heteroatoms. The molecule has 0 aromatic rings. The lowest BCUT2D eigenvalue weighted by Gasteiger charge is -2.23. The zero-order valence-electron chi connectivity index (χ0n) is 9.57. The second kappa shape index (κ2) is 6.08. The third kappa shape index (κ3) is 4.18. The standard InChI is InChI=1S/C11H21NO3/c1-8(2)10(12)11(13)15-7-9-5-3-4-6-14-9/h8-10H,3-7,12H2,1-2H3/t9?,10-/m0/s1. The quantitative estimate of drug-likeness (QED) is 0.713. The molecule has 0 aromatic carbocycles. The second-order valence-electron chi connectivity index (χ2n) is 4.39. The molecule has 1 unspecified atom stereocenters. The van der Waals surface area contributed by atoms with E-state index in [2.05, 4.69) is 0 Å². The molecule has 2 N–H and O–H groups in total. The first-order chi connectivity index (χ1) is 7.11. The summed E-state index contributed by atoms with van der Waals surface area (Å²) in [5, 5.41) is 0. The van der Waals surface area contributed by atoms with Gasteiger partial charge >= 0.3 is 5.97 Å². The summed E-state index contributed by atoms with van der Waals surface area (Å²) in [5.41, 5.74) is 5.66. The van der Waals surface area contributed by atoms with Crippen molar-refractivity contribution in [3.05, 3.63) is 0 Å². The topological polar surface area (TPSA) is 61.6 Å². The maximum atomic E-state index is 11.4. The summed E-state index contributed by atoms with van der Waals surface area (Å²) >= 11 is 0. The Morgan fingerprint density at radius 1 is 1.53 bits per heavy atom. The van der Waals surface area contributed by atoms with Crippen LogP contribution in [0.3, 0.4) is 0 Å². The summed E-state index contributed by atoms with van der Waals surface area (Å²) in [4.78, 5) is 11.4. The molecule has 0 aliphatic carbocycles. The lowest BCUT2D eigenvalue weighted by molar-refractivity contribution is -0.151. The lowest BCUT2D eigenvalue weighted by Crippen LogP contribution is -2.38. The molecular formula is C11H21NO3. The molecule has 1 aliphatic rings. The lowest BCUT2D eigenvalue weighted by atomic mass is 10.1. The summed E-state index contributed by atoms with van der Waals surface area (Å²) in [6, 6.07) is -0.520. The fourth-order valence-electron chi connectivity index (χ4n) is 1.48. The van der Waals surface area contributed by atoms with E-state index in [1.807, 2.05) is 13.8 Å². The van der Waals surface area contributed by atoms with Crippen LogP contribution in [-0.2, 0) is 14.3 Å². The molecule has 0 amide bonds. The Morgan fingerprint density at radius 2 is 2.27 bits per heavy atom. The van der Waals surface area contributed by atoms with E-state index in [0.717, 1.165) is 25.9 Å². The maximum Gasteiger partial charge on any atom is 0.323 e. The zero-order chi connectivity index (χ0) is 11.3. The fourth-order valence-corrected chi connectivity index (χ4v) is 1.48. The van der Waals surface area contributed by atoms with Gasteiger partial charge in [-0.05, 0) is 25.2 Å². The smallest absolute Gasteiger partial charge is 0.323 e. The Balaban J connectivity index is 2.20. The molecule has 1 aliphatic heterocycles. The van der Waals surface area contributed by atoms with E-state index in [1.54, 1.807) is 0 Å². The third-order valence-corrected chi connectivity index (χ3v) is 2.68. The van der Waals surface area contributed by atoms with Gasteiger partial charge in [-0.1, -0.05) is 13.8 Å². The van der Waals surface area contributed by atoms with Gasteiger partial charge in [-0.15, -0.1) is 0 Å². The molecule has 2 atom stereocenters. The summed E-state index contributed by atoms with van der Waals surface area (Å²) in [7, 11) is 0. The van der Waals surface area contributed by atoms with Crippen LogP contribution in [0.15, 0.2) is 0 Å². The van der Waals surface area contributed by atoms with Crippen molar-refractivity contribution in [2.75, 3.05) is 13.2 Å². The highest BCUT2D eigenvalue weighted by atomic mass is 16.6. The molecule has 1 saturated heterocycles. The Kier molecular flexibility index (Phi) is 5.05. The number of carbonyl (C=O) groups excluding carboxylic acids is 1. The van der Waals surface area contributed by atoms with Crippen molar-refractivity contribution >= 4 is 5.97 Å². The van der Waals surface area contributed by atoms with E-state index in [0.29, 0.717) is 6.61 Å². The van der Waals surface area contributed by atoms with Crippen molar-refractivity contribution in [1.82, 2.24) is 0 Å². The molecule has 0 saturated carbocycles. The number of ether oxygens (including phenoxy) is 2. The molecule has 1 rings (SSSR count). The van der Waals surface area contributed by atoms with Gasteiger partial charge in [0.05, 0.1) is 6.10 Å². The van der Waals surface area contributed by atoms with E-state index in [4.69, 9.17) is 15.2 Å². The van der Waals surface area contributed by atoms with E-state index in [9.17, 15) is 4.79 Å². The van der Waals surface area contributed by atoms with Gasteiger partial charge in [-0.3, -0.25) is 4.79 Å². The predicted octanol–water partition coefficient (Wildman–Crippen LogP) is 1.08. The van der Waals surface area contributed by atoms with Crippen LogP contribution in [0.4, 0.5) is 0 Å². The van der Waals surface area contributed by atoms with E-state index in [1.165, 1.54) is 0 Å². The molecule has 0 spiro atoms. The first-order valence-corrected chi connectivity index (χ1v) is 5.65. The van der Waals surface area contributed by atoms with Crippen molar-refractivity contribution in [3.63, 3.8) is 0 Å². The number of carbonyl (C=O) groups is 1. The average Bonchev–Trinajstić information content (AvgIpc) is 2.26. The Morgan fingerprint density at radius 3 is 2.80 bits per heavy atom. The van der Waals surface area contributed by atoms with Crippen LogP contribution < -0.4 is 5.73 Å². The molecule has 0 radical (unpaired) electrons. The van der Waals surface area contributed by atoms with Crippen LogP contribution >= 0.6 is 0 Å². The van der Waals surface area contributed by atoms with Crippen LogP contribution in [0, 0.1) is 5.92 Å². The molecule has 1 fully saturated rings. The van der Waals surface area contributed by atoms with E-state index >= 15 is 0 Å². The molecule has 4 nitrogen and oxygen atoms in total. The zero-order valence-corrected chi connectivity index (χ0v) is 9.57. The minimum atomic E-state index is -0.520. The fraction of sp³-hybridized carbons (Fsp3) is 0.909. The maximum absolute atomic E-state index is 11.4. The monoisotopic (exact) mass is 215 g/mol. The SMILES string of the molecule is CC(C)[C@H](N)C(=O)OCC1CCCCO1. The average molecular weight is 215 g/mol. The van der Waals surface area contributed by atoms with Crippen molar-refractivity contribution in [3.8, 4) is 0 Å². The summed E-state index contributed by atoms with van der Waals surface area (Å²) < 4.78 is 10.6. The summed E-state index contributed by atoms with van der Waals surface area (Å²) in [6.07, 6.45) is 3.31. The van der Waals surface area contributed by atoms with Crippen LogP contribution in [0.5, 0.6) is 0 Å². The van der Waals surface area contributed by atoms with Gasteiger partial charge in [-0.25, -0.2) is 0 Å². The summed E-state index contributed by atoms with van der Waals surface area (Å²) in [5.74, 6) is -0.205. The highest BCUT2D eigenvalue weighted by molar-refractivity contribution is 5.75. The normalized spacial score (nSPS) is 23.9. The Hall–Kier alpha value is -0.610. The van der Waals surface area contributed by atoms with Gasteiger partial charge in [0.1, 0.15) is 12.6 Å². The van der Waals surface area contributed by atoms with Crippen LogP contribution in [0.25, 0.3) is 0 Å². The van der Waals surface area contributed by atoms with Crippen molar-refractivity contribution < 1.29 is 14.3 Å². The van der Waals surface area contributed by atoms with Gasteiger partial charge in [0.15, 0.2) is 0 Å². The minimum Gasteiger partial charge on any atom is -0.462 e. The van der Waals surface area contributed by atoms with Gasteiger partial charge in [0.2, 0.25) is 0 Å². The molecule has 1 heterocycles. The van der Waals surface area contributed by atoms with Crippen molar-refractivity contribution in [1.29, 1.82) is 0 Å². The predicted molar refractivity (Wildman–Crippen MR) is 57.4 cm³/mol. The van der Waals surface area contributed by atoms with Crippen molar-refractivity contribution in [2.45, 2.75) is 45.3 Å².